The van der Waals surface area contributed by atoms with Crippen LogP contribution in [-0.4, -0.2) is 26.9 Å². The SMILES string of the molecule is Cc1ccc(C(=O)NC(C)(C)C)cc1N(C)S(=O)(=O)c1ccc(Cl)cc1. The lowest BCUT2D eigenvalue weighted by atomic mass is 10.1. The van der Waals surface area contributed by atoms with Gasteiger partial charge in [0.15, 0.2) is 0 Å². The van der Waals surface area contributed by atoms with Crippen molar-refractivity contribution < 1.29 is 13.2 Å². The zero-order valence-corrected chi connectivity index (χ0v) is 17.1. The number of halogens is 1. The molecule has 26 heavy (non-hydrogen) atoms. The summed E-state index contributed by atoms with van der Waals surface area (Å²) in [6.45, 7) is 7.46. The molecule has 7 heteroatoms. The summed E-state index contributed by atoms with van der Waals surface area (Å²) in [5.41, 5.74) is 1.21. The Kier molecular flexibility index (Phi) is 5.68. The van der Waals surface area contributed by atoms with Gasteiger partial charge in [0.2, 0.25) is 0 Å². The number of amides is 1. The lowest BCUT2D eigenvalue weighted by molar-refractivity contribution is 0.0919. The predicted octanol–water partition coefficient (Wildman–Crippen LogP) is 4.00. The summed E-state index contributed by atoms with van der Waals surface area (Å²) in [5, 5.41) is 3.34. The number of nitrogens with zero attached hydrogens (tertiary/aromatic N) is 1. The second-order valence-corrected chi connectivity index (χ2v) is 9.54. The summed E-state index contributed by atoms with van der Waals surface area (Å²) in [6, 6.07) is 11.0. The summed E-state index contributed by atoms with van der Waals surface area (Å²) in [5.74, 6) is -0.254. The molecule has 2 aromatic carbocycles. The van der Waals surface area contributed by atoms with Crippen LogP contribution < -0.4 is 9.62 Å². The van der Waals surface area contributed by atoms with Gasteiger partial charge in [-0.1, -0.05) is 17.7 Å². The van der Waals surface area contributed by atoms with E-state index in [1.807, 2.05) is 20.8 Å². The van der Waals surface area contributed by atoms with Crippen LogP contribution in [0.25, 0.3) is 0 Å². The number of rotatable bonds is 4. The number of sulfonamides is 1. The highest BCUT2D eigenvalue weighted by molar-refractivity contribution is 7.92. The van der Waals surface area contributed by atoms with Crippen molar-refractivity contribution >= 4 is 33.2 Å². The molecule has 0 aliphatic carbocycles. The maximum atomic E-state index is 12.9. The van der Waals surface area contributed by atoms with Gasteiger partial charge in [0.1, 0.15) is 0 Å². The second kappa shape index (κ2) is 7.29. The number of benzene rings is 2. The first-order chi connectivity index (χ1) is 11.9. The first kappa shape index (κ1) is 20.3. The Morgan fingerprint density at radius 3 is 2.19 bits per heavy atom. The number of hydrogen-bond acceptors (Lipinski definition) is 3. The van der Waals surface area contributed by atoms with Crippen LogP contribution in [0.15, 0.2) is 47.4 Å². The van der Waals surface area contributed by atoms with Gasteiger partial charge in [-0.05, 0) is 69.7 Å². The van der Waals surface area contributed by atoms with E-state index < -0.39 is 10.0 Å². The number of aryl methyl sites for hydroxylation is 1. The number of anilines is 1. The summed E-state index contributed by atoms with van der Waals surface area (Å²) in [7, 11) is -2.30. The van der Waals surface area contributed by atoms with Gasteiger partial charge in [-0.25, -0.2) is 8.42 Å². The molecule has 0 saturated heterocycles. The monoisotopic (exact) mass is 394 g/mol. The fraction of sp³-hybridized carbons (Fsp3) is 0.316. The highest BCUT2D eigenvalue weighted by Gasteiger charge is 2.24. The molecule has 0 heterocycles. The molecule has 0 unspecified atom stereocenters. The lowest BCUT2D eigenvalue weighted by Crippen LogP contribution is -2.40. The number of carbonyl (C=O) groups excluding carboxylic acids is 1. The number of nitrogens with one attached hydrogen (secondary N) is 1. The van der Waals surface area contributed by atoms with Crippen LogP contribution in [0.5, 0.6) is 0 Å². The van der Waals surface area contributed by atoms with Gasteiger partial charge < -0.3 is 5.32 Å². The summed E-state index contributed by atoms with van der Waals surface area (Å²) < 4.78 is 27.0. The molecular weight excluding hydrogens is 372 g/mol. The summed E-state index contributed by atoms with van der Waals surface area (Å²) >= 11 is 5.84. The molecule has 140 valence electrons. The van der Waals surface area contributed by atoms with E-state index >= 15 is 0 Å². The van der Waals surface area contributed by atoms with Crippen LogP contribution >= 0.6 is 11.6 Å². The molecule has 0 spiro atoms. The van der Waals surface area contributed by atoms with Crippen molar-refractivity contribution in [2.45, 2.75) is 38.1 Å². The third-order valence-electron chi connectivity index (χ3n) is 3.77. The molecule has 0 aliphatic heterocycles. The first-order valence-corrected chi connectivity index (χ1v) is 9.91. The van der Waals surface area contributed by atoms with Crippen molar-refractivity contribution in [3.05, 3.63) is 58.6 Å². The number of carbonyl (C=O) groups is 1. The zero-order chi connectivity index (χ0) is 19.7. The van der Waals surface area contributed by atoms with E-state index in [0.717, 1.165) is 5.56 Å². The normalized spacial score (nSPS) is 11.9. The van der Waals surface area contributed by atoms with E-state index in [2.05, 4.69) is 5.32 Å². The Morgan fingerprint density at radius 1 is 1.08 bits per heavy atom. The Morgan fingerprint density at radius 2 is 1.65 bits per heavy atom. The standard InChI is InChI=1S/C19H23ClN2O3S/c1-13-6-7-14(18(23)21-19(2,3)4)12-17(13)22(5)26(24,25)16-10-8-15(20)9-11-16/h6-12H,1-5H3,(H,21,23). The molecule has 0 saturated carbocycles. The van der Waals surface area contributed by atoms with Crippen molar-refractivity contribution in [1.82, 2.24) is 5.32 Å². The summed E-state index contributed by atoms with van der Waals surface area (Å²) in [6.07, 6.45) is 0. The second-order valence-electron chi connectivity index (χ2n) is 7.13. The molecule has 2 aromatic rings. The minimum Gasteiger partial charge on any atom is -0.347 e. The average molecular weight is 395 g/mol. The van der Waals surface area contributed by atoms with Crippen molar-refractivity contribution in [2.24, 2.45) is 0 Å². The van der Waals surface area contributed by atoms with E-state index in [-0.39, 0.29) is 16.3 Å². The third kappa shape index (κ3) is 4.56. The highest BCUT2D eigenvalue weighted by Crippen LogP contribution is 2.27. The van der Waals surface area contributed by atoms with E-state index in [1.165, 1.54) is 35.6 Å². The van der Waals surface area contributed by atoms with Gasteiger partial charge in [-0.3, -0.25) is 9.10 Å². The van der Waals surface area contributed by atoms with E-state index in [9.17, 15) is 13.2 Å². The van der Waals surface area contributed by atoms with Crippen LogP contribution in [-0.2, 0) is 10.0 Å². The van der Waals surface area contributed by atoms with Gasteiger partial charge in [-0.15, -0.1) is 0 Å². The van der Waals surface area contributed by atoms with Gasteiger partial charge in [0.05, 0.1) is 10.6 Å². The van der Waals surface area contributed by atoms with E-state index in [0.29, 0.717) is 16.3 Å². The van der Waals surface area contributed by atoms with Crippen molar-refractivity contribution in [3.8, 4) is 0 Å². The maximum absolute atomic E-state index is 12.9. The van der Waals surface area contributed by atoms with Gasteiger partial charge >= 0.3 is 0 Å². The molecule has 5 nitrogen and oxygen atoms in total. The van der Waals surface area contributed by atoms with E-state index in [4.69, 9.17) is 11.6 Å². The minimum absolute atomic E-state index is 0.133. The smallest absolute Gasteiger partial charge is 0.264 e. The predicted molar refractivity (Wildman–Crippen MR) is 105 cm³/mol. The van der Waals surface area contributed by atoms with Crippen LogP contribution in [0.2, 0.25) is 5.02 Å². The molecule has 1 amide bonds. The van der Waals surface area contributed by atoms with Gasteiger partial charge in [0, 0.05) is 23.2 Å². The van der Waals surface area contributed by atoms with Crippen LogP contribution in [0.4, 0.5) is 5.69 Å². The molecule has 0 aliphatic rings. The number of hydrogen-bond donors (Lipinski definition) is 1. The fourth-order valence-corrected chi connectivity index (χ4v) is 3.77. The van der Waals surface area contributed by atoms with Crippen LogP contribution in [0, 0.1) is 6.92 Å². The van der Waals surface area contributed by atoms with Crippen molar-refractivity contribution in [2.75, 3.05) is 11.4 Å². The third-order valence-corrected chi connectivity index (χ3v) is 5.81. The molecule has 0 fully saturated rings. The van der Waals surface area contributed by atoms with Crippen molar-refractivity contribution in [3.63, 3.8) is 0 Å². The summed E-state index contributed by atoms with van der Waals surface area (Å²) in [4.78, 5) is 12.5. The zero-order valence-electron chi connectivity index (χ0n) is 15.5. The largest absolute Gasteiger partial charge is 0.347 e. The first-order valence-electron chi connectivity index (χ1n) is 8.09. The Labute approximate surface area is 160 Å². The Bertz CT molecular complexity index is 917. The Balaban J connectivity index is 2.42. The molecule has 1 N–H and O–H groups in total. The quantitative estimate of drug-likeness (QED) is 0.852. The molecule has 0 aromatic heterocycles. The Hall–Kier alpha value is -2.05. The molecular formula is C19H23ClN2O3S. The molecule has 2 rings (SSSR count). The molecule has 0 atom stereocenters. The molecule has 0 bridgehead atoms. The highest BCUT2D eigenvalue weighted by atomic mass is 35.5. The molecule has 0 radical (unpaired) electrons. The lowest BCUT2D eigenvalue weighted by Gasteiger charge is -2.24. The maximum Gasteiger partial charge on any atom is 0.264 e. The average Bonchev–Trinajstić information content (AvgIpc) is 2.53. The minimum atomic E-state index is -3.77. The van der Waals surface area contributed by atoms with Crippen LogP contribution in [0.3, 0.4) is 0 Å². The van der Waals surface area contributed by atoms with Gasteiger partial charge in [0.25, 0.3) is 15.9 Å². The topological polar surface area (TPSA) is 66.5 Å². The fourth-order valence-electron chi connectivity index (χ4n) is 2.40. The van der Waals surface area contributed by atoms with E-state index in [1.54, 1.807) is 25.1 Å². The van der Waals surface area contributed by atoms with Crippen molar-refractivity contribution in [1.29, 1.82) is 0 Å². The van der Waals surface area contributed by atoms with Crippen LogP contribution in [0.1, 0.15) is 36.7 Å². The van der Waals surface area contributed by atoms with Gasteiger partial charge in [-0.2, -0.15) is 0 Å².